The fourth-order valence-corrected chi connectivity index (χ4v) is 3.40. The maximum absolute atomic E-state index is 6.20. The fourth-order valence-electron chi connectivity index (χ4n) is 3.20. The zero-order valence-electron chi connectivity index (χ0n) is 13.7. The number of hydrogen-bond acceptors (Lipinski definition) is 2. The minimum atomic E-state index is 0.670. The number of rotatable bonds is 6. The SMILES string of the molecule is CC(C)CNCc1cc(Cl)ccc1N(C)C1CCCCC1. The van der Waals surface area contributed by atoms with Gasteiger partial charge in [0, 0.05) is 30.3 Å². The van der Waals surface area contributed by atoms with E-state index in [-0.39, 0.29) is 0 Å². The molecule has 0 atom stereocenters. The maximum Gasteiger partial charge on any atom is 0.0412 e. The van der Waals surface area contributed by atoms with E-state index < -0.39 is 0 Å². The quantitative estimate of drug-likeness (QED) is 0.807. The second kappa shape index (κ2) is 8.05. The Balaban J connectivity index is 2.09. The van der Waals surface area contributed by atoms with Crippen LogP contribution in [-0.4, -0.2) is 19.6 Å². The predicted molar refractivity (Wildman–Crippen MR) is 93.3 cm³/mol. The van der Waals surface area contributed by atoms with Crippen LogP contribution in [0.5, 0.6) is 0 Å². The average Bonchev–Trinajstić information content (AvgIpc) is 2.47. The predicted octanol–water partition coefficient (Wildman–Crippen LogP) is 4.85. The fraction of sp³-hybridized carbons (Fsp3) is 0.667. The van der Waals surface area contributed by atoms with Crippen LogP contribution in [0, 0.1) is 5.92 Å². The summed E-state index contributed by atoms with van der Waals surface area (Å²) < 4.78 is 0. The first kappa shape index (κ1) is 16.6. The number of hydrogen-bond donors (Lipinski definition) is 1. The van der Waals surface area contributed by atoms with Gasteiger partial charge >= 0.3 is 0 Å². The zero-order chi connectivity index (χ0) is 15.2. The van der Waals surface area contributed by atoms with Crippen LogP contribution in [0.3, 0.4) is 0 Å². The monoisotopic (exact) mass is 308 g/mol. The highest BCUT2D eigenvalue weighted by Crippen LogP contribution is 2.30. The van der Waals surface area contributed by atoms with Crippen LogP contribution in [0.25, 0.3) is 0 Å². The molecule has 2 rings (SSSR count). The molecule has 0 aliphatic heterocycles. The Kier molecular flexibility index (Phi) is 6.38. The third kappa shape index (κ3) is 4.89. The third-order valence-electron chi connectivity index (χ3n) is 4.41. The summed E-state index contributed by atoms with van der Waals surface area (Å²) in [6, 6.07) is 7.00. The summed E-state index contributed by atoms with van der Waals surface area (Å²) in [5.74, 6) is 0.670. The highest BCUT2D eigenvalue weighted by molar-refractivity contribution is 6.30. The van der Waals surface area contributed by atoms with E-state index in [0.717, 1.165) is 18.1 Å². The van der Waals surface area contributed by atoms with Gasteiger partial charge in [-0.05, 0) is 49.1 Å². The Labute approximate surface area is 134 Å². The van der Waals surface area contributed by atoms with Crippen molar-refractivity contribution in [2.24, 2.45) is 5.92 Å². The molecule has 1 saturated carbocycles. The van der Waals surface area contributed by atoms with E-state index in [0.29, 0.717) is 12.0 Å². The second-order valence-electron chi connectivity index (χ2n) is 6.70. The standard InChI is InChI=1S/C18H29ClN2/c1-14(2)12-20-13-15-11-16(19)9-10-18(15)21(3)17-7-5-4-6-8-17/h9-11,14,17,20H,4-8,12-13H2,1-3H3. The van der Waals surface area contributed by atoms with Crippen molar-refractivity contribution >= 4 is 17.3 Å². The van der Waals surface area contributed by atoms with E-state index in [1.54, 1.807) is 0 Å². The van der Waals surface area contributed by atoms with E-state index >= 15 is 0 Å². The topological polar surface area (TPSA) is 15.3 Å². The molecule has 0 saturated heterocycles. The molecule has 2 nitrogen and oxygen atoms in total. The van der Waals surface area contributed by atoms with Crippen molar-refractivity contribution in [1.82, 2.24) is 5.32 Å². The first-order valence-corrected chi connectivity index (χ1v) is 8.67. The van der Waals surface area contributed by atoms with Crippen LogP contribution >= 0.6 is 11.6 Å². The Morgan fingerprint density at radius 3 is 2.62 bits per heavy atom. The molecule has 21 heavy (non-hydrogen) atoms. The summed E-state index contributed by atoms with van der Waals surface area (Å²) in [6.45, 7) is 6.41. The van der Waals surface area contributed by atoms with Gasteiger partial charge in [0.25, 0.3) is 0 Å². The number of nitrogens with zero attached hydrogens (tertiary/aromatic N) is 1. The molecular weight excluding hydrogens is 280 g/mol. The van der Waals surface area contributed by atoms with Gasteiger partial charge in [-0.2, -0.15) is 0 Å². The Bertz CT molecular complexity index is 439. The first-order valence-electron chi connectivity index (χ1n) is 8.30. The van der Waals surface area contributed by atoms with Crippen molar-refractivity contribution in [3.8, 4) is 0 Å². The lowest BCUT2D eigenvalue weighted by Crippen LogP contribution is -2.34. The van der Waals surface area contributed by atoms with Crippen LogP contribution in [0.1, 0.15) is 51.5 Å². The van der Waals surface area contributed by atoms with Crippen LogP contribution in [0.15, 0.2) is 18.2 Å². The van der Waals surface area contributed by atoms with E-state index in [9.17, 15) is 0 Å². The van der Waals surface area contributed by atoms with Crippen LogP contribution in [-0.2, 0) is 6.54 Å². The van der Waals surface area contributed by atoms with Crippen molar-refractivity contribution in [3.05, 3.63) is 28.8 Å². The molecule has 0 amide bonds. The van der Waals surface area contributed by atoms with Gasteiger partial charge in [-0.25, -0.2) is 0 Å². The molecule has 0 bridgehead atoms. The minimum absolute atomic E-state index is 0.670. The molecule has 1 aromatic carbocycles. The largest absolute Gasteiger partial charge is 0.371 e. The van der Waals surface area contributed by atoms with E-state index in [1.807, 2.05) is 6.07 Å². The summed E-state index contributed by atoms with van der Waals surface area (Å²) >= 11 is 6.20. The van der Waals surface area contributed by atoms with Crippen molar-refractivity contribution in [3.63, 3.8) is 0 Å². The number of anilines is 1. The van der Waals surface area contributed by atoms with Crippen LogP contribution in [0.2, 0.25) is 5.02 Å². The summed E-state index contributed by atoms with van der Waals surface area (Å²) in [5.41, 5.74) is 2.65. The molecule has 3 heteroatoms. The smallest absolute Gasteiger partial charge is 0.0412 e. The lowest BCUT2D eigenvalue weighted by molar-refractivity contribution is 0.427. The third-order valence-corrected chi connectivity index (χ3v) is 4.65. The lowest BCUT2D eigenvalue weighted by atomic mass is 9.94. The number of nitrogens with one attached hydrogen (secondary N) is 1. The molecule has 1 aromatic rings. The number of halogens is 1. The normalized spacial score (nSPS) is 16.4. The molecule has 1 aliphatic rings. The summed E-state index contributed by atoms with van der Waals surface area (Å²) in [7, 11) is 2.24. The van der Waals surface area contributed by atoms with Crippen LogP contribution in [0.4, 0.5) is 5.69 Å². The molecule has 1 N–H and O–H groups in total. The zero-order valence-corrected chi connectivity index (χ0v) is 14.4. The molecule has 0 spiro atoms. The van der Waals surface area contributed by atoms with E-state index in [2.05, 4.69) is 43.2 Å². The molecule has 0 radical (unpaired) electrons. The summed E-state index contributed by atoms with van der Waals surface area (Å²) in [5, 5.41) is 4.37. The second-order valence-corrected chi connectivity index (χ2v) is 7.14. The Morgan fingerprint density at radius 1 is 1.24 bits per heavy atom. The highest BCUT2D eigenvalue weighted by Gasteiger charge is 2.20. The highest BCUT2D eigenvalue weighted by atomic mass is 35.5. The van der Waals surface area contributed by atoms with Gasteiger partial charge in [0.2, 0.25) is 0 Å². The van der Waals surface area contributed by atoms with Gasteiger partial charge in [-0.15, -0.1) is 0 Å². The molecule has 0 aromatic heterocycles. The van der Waals surface area contributed by atoms with Gasteiger partial charge in [0.05, 0.1) is 0 Å². The van der Waals surface area contributed by atoms with Crippen molar-refractivity contribution in [2.75, 3.05) is 18.5 Å². The minimum Gasteiger partial charge on any atom is -0.371 e. The average molecular weight is 309 g/mol. The van der Waals surface area contributed by atoms with E-state index in [1.165, 1.54) is 43.4 Å². The Morgan fingerprint density at radius 2 is 1.95 bits per heavy atom. The molecule has 1 aliphatic carbocycles. The summed E-state index contributed by atoms with van der Waals surface area (Å²) in [4.78, 5) is 2.47. The molecular formula is C18H29ClN2. The van der Waals surface area contributed by atoms with Gasteiger partial charge in [0.15, 0.2) is 0 Å². The molecule has 1 fully saturated rings. The first-order chi connectivity index (χ1) is 10.1. The Hall–Kier alpha value is -0.730. The molecule has 118 valence electrons. The van der Waals surface area contributed by atoms with Crippen LogP contribution < -0.4 is 10.2 Å². The lowest BCUT2D eigenvalue weighted by Gasteiger charge is -2.34. The van der Waals surface area contributed by atoms with Crippen molar-refractivity contribution < 1.29 is 0 Å². The van der Waals surface area contributed by atoms with Gasteiger partial charge in [-0.3, -0.25) is 0 Å². The van der Waals surface area contributed by atoms with Crippen molar-refractivity contribution in [2.45, 2.75) is 58.5 Å². The van der Waals surface area contributed by atoms with Crippen molar-refractivity contribution in [1.29, 1.82) is 0 Å². The maximum atomic E-state index is 6.20. The van der Waals surface area contributed by atoms with E-state index in [4.69, 9.17) is 11.6 Å². The molecule has 0 unspecified atom stereocenters. The van der Waals surface area contributed by atoms with Gasteiger partial charge in [0.1, 0.15) is 0 Å². The number of benzene rings is 1. The van der Waals surface area contributed by atoms with Gasteiger partial charge < -0.3 is 10.2 Å². The summed E-state index contributed by atoms with van der Waals surface area (Å²) in [6.07, 6.45) is 6.76. The molecule has 0 heterocycles. The van der Waals surface area contributed by atoms with Gasteiger partial charge in [-0.1, -0.05) is 44.7 Å².